The summed E-state index contributed by atoms with van der Waals surface area (Å²) in [6.45, 7) is 9.52. The smallest absolute Gasteiger partial charge is 0.464 e. The van der Waals surface area contributed by atoms with Gasteiger partial charge in [0, 0.05) is 12.0 Å². The average Bonchev–Trinajstić information content (AvgIpc) is 3.66. The summed E-state index contributed by atoms with van der Waals surface area (Å²) in [4.78, 5) is 0. The molecule has 1 aromatic heterocycles. The van der Waals surface area contributed by atoms with Crippen LogP contribution in [0.15, 0.2) is 53.1 Å². The lowest BCUT2D eigenvalue weighted by Gasteiger charge is -2.64. The van der Waals surface area contributed by atoms with Crippen LogP contribution in [0.2, 0.25) is 0 Å². The van der Waals surface area contributed by atoms with Gasteiger partial charge in [0.15, 0.2) is 0 Å². The van der Waals surface area contributed by atoms with Crippen molar-refractivity contribution in [2.75, 3.05) is 6.61 Å². The maximum absolute atomic E-state index is 13.9. The van der Waals surface area contributed by atoms with Crippen LogP contribution >= 0.6 is 0 Å². The summed E-state index contributed by atoms with van der Waals surface area (Å²) in [5.74, 6) is 0.257. The molecule has 8 rings (SSSR count). The molecule has 7 nitrogen and oxygen atoms in total. The van der Waals surface area contributed by atoms with Crippen molar-refractivity contribution in [1.82, 2.24) is 4.72 Å². The fourth-order valence-electron chi connectivity index (χ4n) is 8.17. The summed E-state index contributed by atoms with van der Waals surface area (Å²) < 4.78 is 56.0. The maximum Gasteiger partial charge on any atom is 0.477 e. The third-order valence-corrected chi connectivity index (χ3v) is 11.9. The zero-order valence-corrected chi connectivity index (χ0v) is 25.2. The molecule has 5 aliphatic rings. The fraction of sp³-hybridized carbons (Fsp3) is 0.562. The fourth-order valence-corrected chi connectivity index (χ4v) is 9.56. The number of fused-ring (bicyclic) bond motifs is 1. The molecule has 0 radical (unpaired) electrons. The lowest BCUT2D eigenvalue weighted by atomic mass is 9.43. The molecule has 41 heavy (non-hydrogen) atoms. The Labute approximate surface area is 243 Å². The Morgan fingerprint density at radius 2 is 1.93 bits per heavy atom. The van der Waals surface area contributed by atoms with E-state index < -0.39 is 28.7 Å². The summed E-state index contributed by atoms with van der Waals surface area (Å²) in [5, 5.41) is 0.973. The van der Waals surface area contributed by atoms with E-state index in [2.05, 4.69) is 25.5 Å². The Hall–Kier alpha value is -2.17. The average molecular weight is 578 g/mol. The first kappa shape index (κ1) is 27.7. The van der Waals surface area contributed by atoms with Gasteiger partial charge >= 0.3 is 7.12 Å². The predicted octanol–water partition coefficient (Wildman–Crippen LogP) is 5.89. The minimum Gasteiger partial charge on any atom is -0.464 e. The number of benzene rings is 2. The molecule has 2 bridgehead atoms. The molecule has 2 aliphatic heterocycles. The number of nitrogens with one attached hydrogen (secondary N) is 1. The Kier molecular flexibility index (Phi) is 6.71. The SMILES string of the molecule is Cc1ccc(C2CCCO2)c(CS(=O)(=O)N[C@@H](Cc2coc3ccccc23)B2O[C@@H]3C[C@@H]4C[C@@H](C4(C)C)[C@]3(C)O2)c1. The molecule has 9 heteroatoms. The minimum absolute atomic E-state index is 0.0414. The van der Waals surface area contributed by atoms with Gasteiger partial charge in [0.25, 0.3) is 0 Å². The van der Waals surface area contributed by atoms with Crippen molar-refractivity contribution in [3.63, 3.8) is 0 Å². The van der Waals surface area contributed by atoms with Crippen molar-refractivity contribution in [2.24, 2.45) is 17.3 Å². The topological polar surface area (TPSA) is 87.0 Å². The van der Waals surface area contributed by atoms with Crippen molar-refractivity contribution in [3.05, 3.63) is 71.0 Å². The first-order valence-corrected chi connectivity index (χ1v) is 16.7. The van der Waals surface area contributed by atoms with Gasteiger partial charge in [-0.05, 0) is 86.0 Å². The van der Waals surface area contributed by atoms with Crippen LogP contribution in [0.25, 0.3) is 11.0 Å². The number of sulfonamides is 1. The Balaban J connectivity index is 1.19. The Bertz CT molecular complexity index is 1560. The number of aryl methyl sites for hydroxylation is 1. The minimum atomic E-state index is -3.77. The van der Waals surface area contributed by atoms with Crippen LogP contribution in [0, 0.1) is 24.2 Å². The van der Waals surface area contributed by atoms with Crippen molar-refractivity contribution in [2.45, 2.75) is 89.3 Å². The zero-order chi connectivity index (χ0) is 28.6. The van der Waals surface area contributed by atoms with E-state index in [-0.39, 0.29) is 23.4 Å². The molecular formula is C32H40BNO6S. The van der Waals surface area contributed by atoms with E-state index in [9.17, 15) is 8.42 Å². The molecule has 3 saturated carbocycles. The van der Waals surface area contributed by atoms with Crippen molar-refractivity contribution >= 4 is 28.1 Å². The van der Waals surface area contributed by atoms with Gasteiger partial charge in [0.2, 0.25) is 10.0 Å². The highest BCUT2D eigenvalue weighted by Gasteiger charge is 2.68. The van der Waals surface area contributed by atoms with Gasteiger partial charge < -0.3 is 18.5 Å². The van der Waals surface area contributed by atoms with E-state index in [1.54, 1.807) is 6.26 Å². The van der Waals surface area contributed by atoms with E-state index in [1.807, 2.05) is 49.4 Å². The standard InChI is InChI=1S/C32H40BNO6S/c1-20-11-12-25(26-10-7-13-37-26)22(14-20)19-41(35,36)34-30(15-21-18-38-27-9-6-5-8-24(21)27)33-39-29-17-23-16-28(31(23,2)3)32(29,4)40-33/h5-6,8-9,11-12,14,18,23,26,28-30,34H,7,10,13,15-17,19H2,1-4H3/t23-,26?,28-,29+,30-,32-/m0/s1. The number of hydrogen-bond donors (Lipinski definition) is 1. The second-order valence-electron chi connectivity index (χ2n) is 13.5. The van der Waals surface area contributed by atoms with Crippen LogP contribution in [0.4, 0.5) is 0 Å². The van der Waals surface area contributed by atoms with Gasteiger partial charge in [0.05, 0.1) is 35.8 Å². The molecule has 3 aromatic rings. The van der Waals surface area contributed by atoms with Crippen molar-refractivity contribution in [1.29, 1.82) is 0 Å². The van der Waals surface area contributed by atoms with E-state index in [1.165, 1.54) is 0 Å². The molecule has 218 valence electrons. The highest BCUT2D eigenvalue weighted by molar-refractivity contribution is 7.88. The molecule has 3 heterocycles. The van der Waals surface area contributed by atoms with Crippen molar-refractivity contribution in [3.8, 4) is 0 Å². The molecule has 1 unspecified atom stereocenters. The number of ether oxygens (including phenoxy) is 1. The molecule has 2 aromatic carbocycles. The van der Waals surface area contributed by atoms with Gasteiger partial charge in [-0.25, -0.2) is 13.1 Å². The zero-order valence-electron chi connectivity index (χ0n) is 24.4. The van der Waals surface area contributed by atoms with Crippen molar-refractivity contribution < 1.29 is 26.9 Å². The van der Waals surface area contributed by atoms with Gasteiger partial charge in [-0.2, -0.15) is 0 Å². The molecule has 6 atom stereocenters. The maximum atomic E-state index is 13.9. The summed E-state index contributed by atoms with van der Waals surface area (Å²) in [7, 11) is -4.47. The summed E-state index contributed by atoms with van der Waals surface area (Å²) >= 11 is 0. The van der Waals surface area contributed by atoms with Gasteiger partial charge in [-0.15, -0.1) is 0 Å². The Morgan fingerprint density at radius 1 is 1.10 bits per heavy atom. The highest BCUT2D eigenvalue weighted by Crippen LogP contribution is 2.65. The van der Waals surface area contributed by atoms with E-state index in [0.717, 1.165) is 58.9 Å². The molecule has 0 spiro atoms. The monoisotopic (exact) mass is 577 g/mol. The Morgan fingerprint density at radius 3 is 2.71 bits per heavy atom. The normalized spacial score (nSPS) is 31.3. The summed E-state index contributed by atoms with van der Waals surface area (Å²) in [5.41, 5.74) is 4.25. The molecule has 3 aliphatic carbocycles. The molecule has 2 saturated heterocycles. The van der Waals surface area contributed by atoms with Gasteiger partial charge in [-0.1, -0.05) is 55.8 Å². The van der Waals surface area contributed by atoms with Crippen LogP contribution in [0.5, 0.6) is 0 Å². The van der Waals surface area contributed by atoms with Crippen LogP contribution in [-0.2, 0) is 36.2 Å². The largest absolute Gasteiger partial charge is 0.477 e. The van der Waals surface area contributed by atoms with E-state index in [4.69, 9.17) is 18.5 Å². The highest BCUT2D eigenvalue weighted by atomic mass is 32.2. The van der Waals surface area contributed by atoms with E-state index in [0.29, 0.717) is 24.9 Å². The first-order valence-electron chi connectivity index (χ1n) is 15.0. The molecule has 5 fully saturated rings. The lowest BCUT2D eigenvalue weighted by molar-refractivity contribution is -0.199. The van der Waals surface area contributed by atoms with Gasteiger partial charge in [-0.3, -0.25) is 0 Å². The molecule has 0 amide bonds. The molecule has 1 N–H and O–H groups in total. The first-order chi connectivity index (χ1) is 19.5. The van der Waals surface area contributed by atoms with Crippen LogP contribution in [0.3, 0.4) is 0 Å². The van der Waals surface area contributed by atoms with Crippen LogP contribution in [0.1, 0.15) is 74.8 Å². The van der Waals surface area contributed by atoms with Gasteiger partial charge in [0.1, 0.15) is 5.58 Å². The number of furan rings is 1. The van der Waals surface area contributed by atoms with Crippen LogP contribution < -0.4 is 4.72 Å². The molecular weight excluding hydrogens is 537 g/mol. The summed E-state index contributed by atoms with van der Waals surface area (Å²) in [6, 6.07) is 13.9. The van der Waals surface area contributed by atoms with Crippen LogP contribution in [-0.4, -0.2) is 39.8 Å². The van der Waals surface area contributed by atoms with E-state index >= 15 is 0 Å². The lowest BCUT2D eigenvalue weighted by Crippen LogP contribution is -2.65. The number of rotatable bonds is 8. The second kappa shape index (κ2) is 9.95. The second-order valence-corrected chi connectivity index (χ2v) is 15.2. The number of hydrogen-bond acceptors (Lipinski definition) is 6. The number of para-hydroxylation sites is 1. The third-order valence-electron chi connectivity index (χ3n) is 10.5. The predicted molar refractivity (Wildman–Crippen MR) is 159 cm³/mol. The summed E-state index contributed by atoms with van der Waals surface area (Å²) in [6.07, 6.45) is 5.99. The third kappa shape index (κ3) is 4.78. The quantitative estimate of drug-likeness (QED) is 0.336.